The van der Waals surface area contributed by atoms with Gasteiger partial charge < -0.3 is 13.6 Å². The number of nitrogens with zero attached hydrogens (tertiary/aromatic N) is 1. The van der Waals surface area contributed by atoms with Crippen LogP contribution in [0.2, 0.25) is 0 Å². The molecule has 0 aliphatic rings. The van der Waals surface area contributed by atoms with Crippen LogP contribution in [0.5, 0.6) is 5.75 Å². The van der Waals surface area contributed by atoms with E-state index in [1.54, 1.807) is 12.3 Å². The van der Waals surface area contributed by atoms with Crippen LogP contribution in [-0.4, -0.2) is 6.61 Å². The van der Waals surface area contributed by atoms with E-state index in [0.29, 0.717) is 29.9 Å². The van der Waals surface area contributed by atoms with E-state index in [2.05, 4.69) is 6.07 Å². The van der Waals surface area contributed by atoms with Gasteiger partial charge in [0.1, 0.15) is 0 Å². The van der Waals surface area contributed by atoms with Crippen molar-refractivity contribution in [2.45, 2.75) is 19.3 Å². The van der Waals surface area contributed by atoms with Gasteiger partial charge in [0, 0.05) is 23.3 Å². The molecule has 0 aliphatic heterocycles. The summed E-state index contributed by atoms with van der Waals surface area (Å²) < 4.78 is 16.4. The van der Waals surface area contributed by atoms with Crippen LogP contribution in [0.25, 0.3) is 21.9 Å². The van der Waals surface area contributed by atoms with Crippen molar-refractivity contribution in [1.82, 2.24) is 0 Å². The number of nitriles is 1. The van der Waals surface area contributed by atoms with Crippen molar-refractivity contribution in [2.24, 2.45) is 0 Å². The van der Waals surface area contributed by atoms with Crippen molar-refractivity contribution in [3.8, 4) is 11.8 Å². The van der Waals surface area contributed by atoms with Gasteiger partial charge in [-0.1, -0.05) is 0 Å². The molecule has 2 aromatic heterocycles. The molecular formula is C16H13NO4. The maximum absolute atomic E-state index is 11.4. The minimum absolute atomic E-state index is 0.394. The summed E-state index contributed by atoms with van der Waals surface area (Å²) in [5.74, 6) is 0.446. The third-order valence-electron chi connectivity index (χ3n) is 3.21. The van der Waals surface area contributed by atoms with Gasteiger partial charge in [-0.3, -0.25) is 0 Å². The molecule has 0 radical (unpaired) electrons. The summed E-state index contributed by atoms with van der Waals surface area (Å²) in [5.41, 5.74) is 0.533. The lowest BCUT2D eigenvalue weighted by molar-refractivity contribution is 0.305. The molecule has 3 aromatic rings. The van der Waals surface area contributed by atoms with Gasteiger partial charge in [0.15, 0.2) is 11.2 Å². The van der Waals surface area contributed by atoms with Gasteiger partial charge in [0.05, 0.1) is 18.9 Å². The Bertz CT molecular complexity index is 869. The van der Waals surface area contributed by atoms with Crippen molar-refractivity contribution in [2.75, 3.05) is 6.61 Å². The molecule has 0 amide bonds. The molecule has 0 bridgehead atoms. The first-order chi connectivity index (χ1) is 10.3. The number of benzene rings is 1. The second kappa shape index (κ2) is 5.71. The van der Waals surface area contributed by atoms with Crippen LogP contribution in [0.15, 0.2) is 44.2 Å². The molecule has 0 saturated heterocycles. The van der Waals surface area contributed by atoms with Gasteiger partial charge in [-0.15, -0.1) is 0 Å². The Hall–Kier alpha value is -2.74. The second-order valence-corrected chi connectivity index (χ2v) is 4.68. The van der Waals surface area contributed by atoms with E-state index in [1.807, 2.05) is 12.1 Å². The fraction of sp³-hybridized carbons (Fsp3) is 0.250. The van der Waals surface area contributed by atoms with Crippen molar-refractivity contribution < 1.29 is 13.6 Å². The van der Waals surface area contributed by atoms with Crippen molar-refractivity contribution in [3.05, 3.63) is 40.9 Å². The Balaban J connectivity index is 1.99. The summed E-state index contributed by atoms with van der Waals surface area (Å²) in [4.78, 5) is 11.4. The number of hydrogen-bond donors (Lipinski definition) is 0. The Morgan fingerprint density at radius 1 is 1.14 bits per heavy atom. The van der Waals surface area contributed by atoms with E-state index in [4.69, 9.17) is 18.8 Å². The minimum atomic E-state index is -0.428. The largest absolute Gasteiger partial charge is 0.486 e. The van der Waals surface area contributed by atoms with Crippen LogP contribution in [0.3, 0.4) is 0 Å². The van der Waals surface area contributed by atoms with Crippen LogP contribution in [0.4, 0.5) is 0 Å². The molecule has 0 unspecified atom stereocenters. The average molecular weight is 283 g/mol. The quantitative estimate of drug-likeness (QED) is 0.528. The molecular weight excluding hydrogens is 270 g/mol. The number of hydrogen-bond acceptors (Lipinski definition) is 5. The Morgan fingerprint density at radius 3 is 2.86 bits per heavy atom. The van der Waals surface area contributed by atoms with Crippen LogP contribution in [0.1, 0.15) is 19.3 Å². The molecule has 0 spiro atoms. The number of fused-ring (bicyclic) bond motifs is 2. The van der Waals surface area contributed by atoms with Crippen LogP contribution < -0.4 is 10.4 Å². The molecule has 2 heterocycles. The summed E-state index contributed by atoms with van der Waals surface area (Å²) >= 11 is 0. The predicted octanol–water partition coefficient (Wildman–Crippen LogP) is 3.61. The number of furan rings is 1. The van der Waals surface area contributed by atoms with E-state index in [-0.39, 0.29) is 0 Å². The van der Waals surface area contributed by atoms with Crippen molar-refractivity contribution >= 4 is 21.9 Å². The van der Waals surface area contributed by atoms with Crippen molar-refractivity contribution in [3.63, 3.8) is 0 Å². The van der Waals surface area contributed by atoms with Gasteiger partial charge in [-0.25, -0.2) is 4.79 Å². The SMILES string of the molecule is N#CCCCCOc1c2occc2cc2ccc(=O)oc12. The number of ether oxygens (including phenoxy) is 1. The first kappa shape index (κ1) is 13.3. The maximum Gasteiger partial charge on any atom is 0.336 e. The lowest BCUT2D eigenvalue weighted by atomic mass is 10.1. The first-order valence-corrected chi connectivity index (χ1v) is 6.73. The fourth-order valence-electron chi connectivity index (χ4n) is 2.22. The summed E-state index contributed by atoms with van der Waals surface area (Å²) in [6.07, 6.45) is 3.60. The smallest absolute Gasteiger partial charge is 0.336 e. The predicted molar refractivity (Wildman–Crippen MR) is 77.2 cm³/mol. The highest BCUT2D eigenvalue weighted by Crippen LogP contribution is 2.34. The van der Waals surface area contributed by atoms with Gasteiger partial charge >= 0.3 is 5.63 Å². The van der Waals surface area contributed by atoms with Crippen LogP contribution in [-0.2, 0) is 0 Å². The van der Waals surface area contributed by atoms with Crippen molar-refractivity contribution in [1.29, 1.82) is 5.26 Å². The third kappa shape index (κ3) is 2.61. The van der Waals surface area contributed by atoms with E-state index in [0.717, 1.165) is 23.6 Å². The molecule has 0 saturated carbocycles. The molecule has 0 aliphatic carbocycles. The van der Waals surface area contributed by atoms with Crippen LogP contribution in [0, 0.1) is 11.3 Å². The van der Waals surface area contributed by atoms with E-state index in [9.17, 15) is 4.79 Å². The maximum atomic E-state index is 11.4. The number of unbranched alkanes of at least 4 members (excludes halogenated alkanes) is 2. The zero-order valence-electron chi connectivity index (χ0n) is 11.3. The molecule has 3 rings (SSSR count). The molecule has 0 fully saturated rings. The van der Waals surface area contributed by atoms with E-state index < -0.39 is 5.63 Å². The molecule has 1 aromatic carbocycles. The summed E-state index contributed by atoms with van der Waals surface area (Å²) in [5, 5.41) is 10.2. The minimum Gasteiger partial charge on any atom is -0.486 e. The first-order valence-electron chi connectivity index (χ1n) is 6.73. The Morgan fingerprint density at radius 2 is 2.00 bits per heavy atom. The van der Waals surface area contributed by atoms with Gasteiger partial charge in [-0.05, 0) is 31.0 Å². The van der Waals surface area contributed by atoms with Gasteiger partial charge in [-0.2, -0.15) is 5.26 Å². The third-order valence-corrected chi connectivity index (χ3v) is 3.21. The summed E-state index contributed by atoms with van der Waals surface area (Å²) in [7, 11) is 0. The zero-order chi connectivity index (χ0) is 14.7. The van der Waals surface area contributed by atoms with Gasteiger partial charge in [0.2, 0.25) is 5.75 Å². The molecule has 0 atom stereocenters. The summed E-state index contributed by atoms with van der Waals surface area (Å²) in [6, 6.07) is 8.90. The monoisotopic (exact) mass is 283 g/mol. The topological polar surface area (TPSA) is 76.4 Å². The standard InChI is InChI=1S/C16H13NO4/c17-7-2-1-3-8-19-16-14-12(6-9-20-14)10-11-4-5-13(18)21-15(11)16/h4-6,9-10H,1-3,8H2. The fourth-order valence-corrected chi connectivity index (χ4v) is 2.22. The lowest BCUT2D eigenvalue weighted by Gasteiger charge is -2.08. The van der Waals surface area contributed by atoms with Crippen LogP contribution >= 0.6 is 0 Å². The molecule has 21 heavy (non-hydrogen) atoms. The molecule has 0 N–H and O–H groups in total. The van der Waals surface area contributed by atoms with E-state index >= 15 is 0 Å². The molecule has 5 heteroatoms. The molecule has 106 valence electrons. The summed E-state index contributed by atoms with van der Waals surface area (Å²) in [6.45, 7) is 0.440. The van der Waals surface area contributed by atoms with E-state index in [1.165, 1.54) is 6.07 Å². The zero-order valence-corrected chi connectivity index (χ0v) is 11.3. The average Bonchev–Trinajstić information content (AvgIpc) is 2.94. The number of rotatable bonds is 5. The molecule has 5 nitrogen and oxygen atoms in total. The highest BCUT2D eigenvalue weighted by molar-refractivity contribution is 5.99. The second-order valence-electron chi connectivity index (χ2n) is 4.68. The normalized spacial score (nSPS) is 10.8. The highest BCUT2D eigenvalue weighted by Gasteiger charge is 2.14. The Kier molecular flexibility index (Phi) is 3.61. The Labute approximate surface area is 120 Å². The van der Waals surface area contributed by atoms with Gasteiger partial charge in [0.25, 0.3) is 0 Å². The highest BCUT2D eigenvalue weighted by atomic mass is 16.5. The lowest BCUT2D eigenvalue weighted by Crippen LogP contribution is -2.01.